The number of guanidine groups is 1. The van der Waals surface area contributed by atoms with E-state index in [1.54, 1.807) is 12.1 Å². The SMILES string of the molecule is CCCc1cc(-c2ccccc2)cc(-c2ccccc2)[n+]1-c1ccc(S(=O)(=O)N=C(N)N)cc1.[O-][Cl+3]([O-])([O-])[O-]. The highest BCUT2D eigenvalue weighted by Crippen LogP contribution is 2.27. The first-order valence-corrected chi connectivity index (χ1v) is 14.3. The van der Waals surface area contributed by atoms with Crippen LogP contribution >= 0.6 is 0 Å². The quantitative estimate of drug-likeness (QED) is 0.168. The number of nitrogens with two attached hydrogens (primary N) is 2. The molecule has 0 spiro atoms. The Hall–Kier alpha value is -3.84. The van der Waals surface area contributed by atoms with Crippen molar-refractivity contribution < 1.29 is 41.9 Å². The Bertz CT molecular complexity index is 1520. The van der Waals surface area contributed by atoms with Gasteiger partial charge in [-0.25, -0.2) is 18.6 Å². The largest absolute Gasteiger partial charge is 0.369 e. The lowest BCUT2D eigenvalue weighted by Gasteiger charge is -2.17. The summed E-state index contributed by atoms with van der Waals surface area (Å²) in [5.41, 5.74) is 16.9. The van der Waals surface area contributed by atoms with E-state index < -0.39 is 26.2 Å². The highest BCUT2D eigenvalue weighted by atomic mass is 35.7. The normalized spacial score (nSPS) is 11.3. The van der Waals surface area contributed by atoms with Crippen molar-refractivity contribution in [2.45, 2.75) is 24.7 Å². The first-order valence-electron chi connectivity index (χ1n) is 11.7. The van der Waals surface area contributed by atoms with Crippen molar-refractivity contribution in [3.8, 4) is 28.1 Å². The number of aromatic nitrogens is 1. The standard InChI is InChI=1S/C27H27N4O2S.ClHO4/c1-2-9-24-18-22(20-10-5-3-6-11-20)19-26(21-12-7-4-8-13-21)31(24)23-14-16-25(17-15-23)34(32,33)30-27(28)29;2-1(3,4)5/h3-8,10-19H,2,9H2,1H3,(H4,28,29,30);(H,2,3,4,5)/q+1;/p-1. The summed E-state index contributed by atoms with van der Waals surface area (Å²) in [4.78, 5) is 0.0319. The summed E-state index contributed by atoms with van der Waals surface area (Å²) in [7, 11) is -8.90. The Morgan fingerprint density at radius 2 is 1.31 bits per heavy atom. The summed E-state index contributed by atoms with van der Waals surface area (Å²) in [6.45, 7) is 2.15. The van der Waals surface area contributed by atoms with Crippen LogP contribution in [0.4, 0.5) is 0 Å². The van der Waals surface area contributed by atoms with E-state index in [-0.39, 0.29) is 4.90 Å². The van der Waals surface area contributed by atoms with Crippen LogP contribution in [-0.4, -0.2) is 14.4 Å². The van der Waals surface area contributed by atoms with Gasteiger partial charge in [-0.05, 0) is 41.8 Å². The number of sulfonamides is 1. The van der Waals surface area contributed by atoms with Crippen LogP contribution in [0.2, 0.25) is 0 Å². The minimum atomic E-state index is -4.94. The van der Waals surface area contributed by atoms with Crippen LogP contribution in [0.3, 0.4) is 0 Å². The Balaban J connectivity index is 0.000000771. The van der Waals surface area contributed by atoms with Gasteiger partial charge in [0.1, 0.15) is 0 Å². The second-order valence-electron chi connectivity index (χ2n) is 8.30. The number of aryl methyl sites for hydroxylation is 1. The molecule has 39 heavy (non-hydrogen) atoms. The minimum Gasteiger partial charge on any atom is -0.369 e. The third-order valence-corrected chi connectivity index (χ3v) is 6.76. The number of hydrogen-bond acceptors (Lipinski definition) is 6. The van der Waals surface area contributed by atoms with Gasteiger partial charge in [0, 0.05) is 36.2 Å². The predicted octanol–water partition coefficient (Wildman–Crippen LogP) is -0.544. The third kappa shape index (κ3) is 8.58. The van der Waals surface area contributed by atoms with Crippen LogP contribution < -0.4 is 34.7 Å². The van der Waals surface area contributed by atoms with E-state index in [0.29, 0.717) is 0 Å². The zero-order chi connectivity index (χ0) is 28.6. The second kappa shape index (κ2) is 12.8. The van der Waals surface area contributed by atoms with E-state index in [9.17, 15) is 8.42 Å². The number of pyridine rings is 1. The van der Waals surface area contributed by atoms with Gasteiger partial charge in [-0.3, -0.25) is 0 Å². The number of halogens is 1. The average Bonchev–Trinajstić information content (AvgIpc) is 2.88. The van der Waals surface area contributed by atoms with Crippen molar-refractivity contribution in [1.29, 1.82) is 0 Å². The summed E-state index contributed by atoms with van der Waals surface area (Å²) in [5.74, 6) is -0.494. The summed E-state index contributed by atoms with van der Waals surface area (Å²) in [6.07, 6.45) is 1.82. The first kappa shape index (κ1) is 29.7. The molecule has 0 saturated heterocycles. The molecule has 0 unspecified atom stereocenters. The maximum Gasteiger partial charge on any atom is 0.285 e. The van der Waals surface area contributed by atoms with Crippen molar-refractivity contribution in [2.75, 3.05) is 0 Å². The monoisotopic (exact) mass is 570 g/mol. The van der Waals surface area contributed by atoms with Crippen LogP contribution in [0.15, 0.2) is 106 Å². The van der Waals surface area contributed by atoms with Gasteiger partial charge >= 0.3 is 0 Å². The fourth-order valence-electron chi connectivity index (χ4n) is 3.97. The summed E-state index contributed by atoms with van der Waals surface area (Å²) in [5, 5.41) is 0. The lowest BCUT2D eigenvalue weighted by molar-refractivity contribution is -2.00. The molecule has 1 heterocycles. The highest BCUT2D eigenvalue weighted by molar-refractivity contribution is 7.90. The molecule has 0 amide bonds. The van der Waals surface area contributed by atoms with Crippen molar-refractivity contribution in [2.24, 2.45) is 15.9 Å². The molecule has 10 nitrogen and oxygen atoms in total. The topological polar surface area (TPSA) is 195 Å². The van der Waals surface area contributed by atoms with Gasteiger partial charge in [0.15, 0.2) is 5.69 Å². The fraction of sp³-hybridized carbons (Fsp3) is 0.111. The van der Waals surface area contributed by atoms with E-state index in [4.69, 9.17) is 30.1 Å². The summed E-state index contributed by atoms with van der Waals surface area (Å²) >= 11 is 0. The van der Waals surface area contributed by atoms with E-state index in [0.717, 1.165) is 46.6 Å². The molecule has 204 valence electrons. The van der Waals surface area contributed by atoms with E-state index >= 15 is 0 Å². The smallest absolute Gasteiger partial charge is 0.285 e. The van der Waals surface area contributed by atoms with Gasteiger partial charge in [-0.15, -0.1) is 14.6 Å². The van der Waals surface area contributed by atoms with Crippen molar-refractivity contribution >= 4 is 16.0 Å². The third-order valence-electron chi connectivity index (χ3n) is 5.44. The van der Waals surface area contributed by atoms with Gasteiger partial charge < -0.3 is 11.5 Å². The molecule has 4 aromatic rings. The molecule has 0 fully saturated rings. The van der Waals surface area contributed by atoms with Crippen molar-refractivity contribution in [3.63, 3.8) is 0 Å². The Morgan fingerprint density at radius 3 is 1.79 bits per heavy atom. The molecule has 0 atom stereocenters. The summed E-state index contributed by atoms with van der Waals surface area (Å²) in [6, 6.07) is 31.5. The van der Waals surface area contributed by atoms with Crippen molar-refractivity contribution in [3.05, 3.63) is 103 Å². The maximum atomic E-state index is 12.4. The predicted molar refractivity (Wildman–Crippen MR) is 136 cm³/mol. The lowest BCUT2D eigenvalue weighted by Crippen LogP contribution is -2.68. The fourth-order valence-corrected chi connectivity index (χ4v) is 4.84. The molecule has 1 aromatic heterocycles. The molecule has 12 heteroatoms. The van der Waals surface area contributed by atoms with Crippen LogP contribution in [0.1, 0.15) is 19.0 Å². The van der Waals surface area contributed by atoms with Gasteiger partial charge in [-0.1, -0.05) is 55.5 Å². The molecule has 4 rings (SSSR count). The Labute approximate surface area is 228 Å². The van der Waals surface area contributed by atoms with Crippen LogP contribution in [-0.2, 0) is 16.4 Å². The van der Waals surface area contributed by atoms with Gasteiger partial charge in [0.05, 0.1) is 4.90 Å². The second-order valence-corrected chi connectivity index (χ2v) is 10.7. The molecule has 0 aliphatic rings. The number of rotatable bonds is 7. The zero-order valence-electron chi connectivity index (χ0n) is 20.9. The maximum absolute atomic E-state index is 12.4. The Kier molecular flexibility index (Phi) is 9.76. The molecule has 3 aromatic carbocycles. The first-order chi connectivity index (χ1) is 18.4. The molecular weight excluding hydrogens is 544 g/mol. The number of nitrogens with zero attached hydrogens (tertiary/aromatic N) is 2. The highest BCUT2D eigenvalue weighted by Gasteiger charge is 2.24. The van der Waals surface area contributed by atoms with E-state index in [1.807, 2.05) is 36.4 Å². The van der Waals surface area contributed by atoms with Crippen LogP contribution in [0.5, 0.6) is 0 Å². The van der Waals surface area contributed by atoms with Gasteiger partial charge in [0.25, 0.3) is 10.0 Å². The van der Waals surface area contributed by atoms with Gasteiger partial charge in [0.2, 0.25) is 17.3 Å². The van der Waals surface area contributed by atoms with E-state index in [1.165, 1.54) is 12.1 Å². The summed E-state index contributed by atoms with van der Waals surface area (Å²) < 4.78 is 64.3. The molecular formula is C27H27ClN4O6S. The molecule has 0 radical (unpaired) electrons. The van der Waals surface area contributed by atoms with Crippen molar-refractivity contribution in [1.82, 2.24) is 0 Å². The minimum absolute atomic E-state index is 0.0319. The van der Waals surface area contributed by atoms with Gasteiger partial charge in [-0.2, -0.15) is 13.0 Å². The number of benzene rings is 3. The Morgan fingerprint density at radius 1 is 0.795 bits per heavy atom. The molecule has 4 N–H and O–H groups in total. The number of hydrogen-bond donors (Lipinski definition) is 2. The zero-order valence-corrected chi connectivity index (χ0v) is 22.5. The molecule has 0 aliphatic carbocycles. The molecule has 0 saturated carbocycles. The van der Waals surface area contributed by atoms with Crippen LogP contribution in [0, 0.1) is 10.2 Å². The van der Waals surface area contributed by atoms with Crippen LogP contribution in [0.25, 0.3) is 28.1 Å². The van der Waals surface area contributed by atoms with E-state index in [2.05, 4.69) is 52.3 Å². The average molecular weight is 571 g/mol. The molecule has 0 bridgehead atoms. The molecule has 0 aliphatic heterocycles. The lowest BCUT2D eigenvalue weighted by atomic mass is 9.99.